The molecule has 2 aromatic rings. The number of aryl methyl sites for hydroxylation is 1. The molecule has 0 bridgehead atoms. The summed E-state index contributed by atoms with van der Waals surface area (Å²) in [6.07, 6.45) is 1.17. The number of nitrogens with zero attached hydrogens (tertiary/aromatic N) is 2. The van der Waals surface area contributed by atoms with Gasteiger partial charge in [-0.25, -0.2) is 14.6 Å². The summed E-state index contributed by atoms with van der Waals surface area (Å²) < 4.78 is 1.44. The summed E-state index contributed by atoms with van der Waals surface area (Å²) in [4.78, 5) is 37.7. The maximum absolute atomic E-state index is 11.9. The van der Waals surface area contributed by atoms with Gasteiger partial charge in [-0.1, -0.05) is 0 Å². The molecule has 2 aromatic heterocycles. The normalized spacial score (nSPS) is 10.6. The van der Waals surface area contributed by atoms with E-state index in [-0.39, 0.29) is 22.3 Å². The van der Waals surface area contributed by atoms with Gasteiger partial charge >= 0.3 is 11.9 Å². The van der Waals surface area contributed by atoms with E-state index in [1.807, 2.05) is 0 Å². The first-order valence-electron chi connectivity index (χ1n) is 5.46. The standard InChI is InChI=1S/C12H10N2O5/c1-2-14-5-7(11(16)17)9(15)6-3-4-8(12(18)19)13-10(6)14/h3-5H,2H2,1H3,(H,16,17)(H,18,19). The minimum absolute atomic E-state index is 0.0896. The summed E-state index contributed by atoms with van der Waals surface area (Å²) in [5.74, 6) is -2.53. The highest BCUT2D eigenvalue weighted by Gasteiger charge is 2.16. The van der Waals surface area contributed by atoms with Crippen LogP contribution in [0, 0.1) is 0 Å². The van der Waals surface area contributed by atoms with Crippen molar-refractivity contribution in [1.29, 1.82) is 0 Å². The van der Waals surface area contributed by atoms with Crippen LogP contribution < -0.4 is 5.43 Å². The van der Waals surface area contributed by atoms with Gasteiger partial charge in [-0.2, -0.15) is 0 Å². The fourth-order valence-corrected chi connectivity index (χ4v) is 1.78. The van der Waals surface area contributed by atoms with Crippen LogP contribution in [0.3, 0.4) is 0 Å². The molecule has 0 fully saturated rings. The Morgan fingerprint density at radius 3 is 2.47 bits per heavy atom. The molecule has 0 radical (unpaired) electrons. The van der Waals surface area contributed by atoms with E-state index in [1.54, 1.807) is 6.92 Å². The summed E-state index contributed by atoms with van der Waals surface area (Å²) >= 11 is 0. The highest BCUT2D eigenvalue weighted by atomic mass is 16.4. The number of fused-ring (bicyclic) bond motifs is 1. The molecule has 0 unspecified atom stereocenters. The van der Waals surface area contributed by atoms with Crippen molar-refractivity contribution in [3.05, 3.63) is 39.8 Å². The van der Waals surface area contributed by atoms with Gasteiger partial charge in [-0.3, -0.25) is 4.79 Å². The molecule has 0 aliphatic heterocycles. The average molecular weight is 262 g/mol. The molecule has 0 aliphatic carbocycles. The van der Waals surface area contributed by atoms with Crippen molar-refractivity contribution in [3.8, 4) is 0 Å². The summed E-state index contributed by atoms with van der Waals surface area (Å²) in [6, 6.07) is 2.46. The lowest BCUT2D eigenvalue weighted by atomic mass is 10.2. The Kier molecular flexibility index (Phi) is 3.04. The van der Waals surface area contributed by atoms with E-state index in [0.717, 1.165) is 0 Å². The van der Waals surface area contributed by atoms with Crippen LogP contribution in [0.2, 0.25) is 0 Å². The number of carboxylic acid groups (broad SMARTS) is 2. The van der Waals surface area contributed by atoms with Gasteiger partial charge in [-0.05, 0) is 19.1 Å². The smallest absolute Gasteiger partial charge is 0.354 e. The number of rotatable bonds is 3. The van der Waals surface area contributed by atoms with Gasteiger partial charge in [0.25, 0.3) is 0 Å². The summed E-state index contributed by atoms with van der Waals surface area (Å²) in [5, 5.41) is 17.9. The fraction of sp³-hybridized carbons (Fsp3) is 0.167. The first-order valence-corrected chi connectivity index (χ1v) is 5.46. The summed E-state index contributed by atoms with van der Waals surface area (Å²) in [6.45, 7) is 2.11. The zero-order chi connectivity index (χ0) is 14.2. The van der Waals surface area contributed by atoms with Crippen molar-refractivity contribution in [2.24, 2.45) is 0 Å². The Bertz CT molecular complexity index is 748. The molecule has 0 spiro atoms. The zero-order valence-electron chi connectivity index (χ0n) is 9.95. The highest BCUT2D eigenvalue weighted by molar-refractivity contribution is 5.93. The monoisotopic (exact) mass is 262 g/mol. The number of carboxylic acids is 2. The van der Waals surface area contributed by atoms with Crippen LogP contribution in [0.4, 0.5) is 0 Å². The van der Waals surface area contributed by atoms with Crippen molar-refractivity contribution in [3.63, 3.8) is 0 Å². The predicted molar refractivity (Wildman–Crippen MR) is 65.6 cm³/mol. The molecule has 0 atom stereocenters. The van der Waals surface area contributed by atoms with Crippen molar-refractivity contribution < 1.29 is 19.8 Å². The quantitative estimate of drug-likeness (QED) is 0.847. The van der Waals surface area contributed by atoms with Crippen molar-refractivity contribution >= 4 is 23.0 Å². The number of aromatic carboxylic acids is 2. The van der Waals surface area contributed by atoms with E-state index >= 15 is 0 Å². The second-order valence-corrected chi connectivity index (χ2v) is 3.84. The molecular weight excluding hydrogens is 252 g/mol. The summed E-state index contributed by atoms with van der Waals surface area (Å²) in [7, 11) is 0. The largest absolute Gasteiger partial charge is 0.477 e. The van der Waals surface area contributed by atoms with Gasteiger partial charge in [0.05, 0.1) is 5.39 Å². The fourth-order valence-electron chi connectivity index (χ4n) is 1.78. The first-order chi connectivity index (χ1) is 8.95. The second kappa shape index (κ2) is 4.52. The van der Waals surface area contributed by atoms with Crippen LogP contribution in [-0.2, 0) is 6.54 Å². The molecule has 0 aromatic carbocycles. The van der Waals surface area contributed by atoms with E-state index in [2.05, 4.69) is 4.98 Å². The van der Waals surface area contributed by atoms with E-state index in [0.29, 0.717) is 6.54 Å². The van der Waals surface area contributed by atoms with Crippen LogP contribution in [0.15, 0.2) is 23.1 Å². The first kappa shape index (κ1) is 12.7. The molecule has 0 saturated heterocycles. The number of hydrogen-bond donors (Lipinski definition) is 2. The number of carbonyl (C=O) groups is 2. The van der Waals surface area contributed by atoms with Gasteiger partial charge in [0, 0.05) is 12.7 Å². The SMILES string of the molecule is CCn1cc(C(=O)O)c(=O)c2ccc(C(=O)O)nc21. The Hall–Kier alpha value is -2.70. The van der Waals surface area contributed by atoms with E-state index < -0.39 is 17.4 Å². The van der Waals surface area contributed by atoms with E-state index in [1.165, 1.54) is 22.9 Å². The minimum Gasteiger partial charge on any atom is -0.477 e. The third-order valence-corrected chi connectivity index (χ3v) is 2.71. The lowest BCUT2D eigenvalue weighted by Crippen LogP contribution is -2.20. The molecule has 2 N–H and O–H groups in total. The summed E-state index contributed by atoms with van der Waals surface area (Å²) in [5.41, 5.74) is -1.06. The Balaban J connectivity index is 2.90. The molecule has 2 heterocycles. The minimum atomic E-state index is -1.32. The number of pyridine rings is 2. The maximum atomic E-state index is 11.9. The average Bonchev–Trinajstić information content (AvgIpc) is 2.38. The van der Waals surface area contributed by atoms with Crippen LogP contribution in [0.1, 0.15) is 27.8 Å². The molecular formula is C12H10N2O5. The molecule has 98 valence electrons. The van der Waals surface area contributed by atoms with Gasteiger partial charge in [0.2, 0.25) is 5.43 Å². The Morgan fingerprint density at radius 2 is 1.95 bits per heavy atom. The molecule has 0 amide bonds. The number of hydrogen-bond acceptors (Lipinski definition) is 4. The molecule has 0 saturated carbocycles. The zero-order valence-corrected chi connectivity index (χ0v) is 9.95. The van der Waals surface area contributed by atoms with E-state index in [4.69, 9.17) is 10.2 Å². The second-order valence-electron chi connectivity index (χ2n) is 3.84. The maximum Gasteiger partial charge on any atom is 0.354 e. The van der Waals surface area contributed by atoms with E-state index in [9.17, 15) is 14.4 Å². The third kappa shape index (κ3) is 2.05. The van der Waals surface area contributed by atoms with Gasteiger partial charge in [-0.15, -0.1) is 0 Å². The Morgan fingerprint density at radius 1 is 1.26 bits per heavy atom. The van der Waals surface area contributed by atoms with Crippen LogP contribution in [0.5, 0.6) is 0 Å². The topological polar surface area (TPSA) is 109 Å². The molecule has 2 rings (SSSR count). The Labute approximate surface area is 106 Å². The molecule has 0 aliphatic rings. The third-order valence-electron chi connectivity index (χ3n) is 2.71. The van der Waals surface area contributed by atoms with Crippen molar-refractivity contribution in [1.82, 2.24) is 9.55 Å². The lowest BCUT2D eigenvalue weighted by Gasteiger charge is -2.09. The highest BCUT2D eigenvalue weighted by Crippen LogP contribution is 2.11. The van der Waals surface area contributed by atoms with Gasteiger partial charge < -0.3 is 14.8 Å². The van der Waals surface area contributed by atoms with Crippen LogP contribution in [-0.4, -0.2) is 31.7 Å². The van der Waals surface area contributed by atoms with Crippen molar-refractivity contribution in [2.75, 3.05) is 0 Å². The molecule has 7 nitrogen and oxygen atoms in total. The van der Waals surface area contributed by atoms with Gasteiger partial charge in [0.1, 0.15) is 11.2 Å². The molecule has 7 heteroatoms. The van der Waals surface area contributed by atoms with Crippen LogP contribution in [0.25, 0.3) is 11.0 Å². The number of aromatic nitrogens is 2. The molecule has 19 heavy (non-hydrogen) atoms. The van der Waals surface area contributed by atoms with Crippen LogP contribution >= 0.6 is 0 Å². The van der Waals surface area contributed by atoms with Crippen molar-refractivity contribution in [2.45, 2.75) is 13.5 Å². The lowest BCUT2D eigenvalue weighted by molar-refractivity contribution is 0.0681. The van der Waals surface area contributed by atoms with Gasteiger partial charge in [0.15, 0.2) is 5.69 Å². The predicted octanol–water partition coefficient (Wildman–Crippen LogP) is 0.813.